The molecule has 0 saturated heterocycles. The van der Waals surface area contributed by atoms with Crippen molar-refractivity contribution >= 4 is 27.5 Å². The van der Waals surface area contributed by atoms with Crippen LogP contribution in [0.3, 0.4) is 0 Å². The second-order valence-corrected chi connectivity index (χ2v) is 7.01. The number of likely N-dealkylation sites (N-methyl/N-ethyl adjacent to an activating group) is 1. The lowest BCUT2D eigenvalue weighted by molar-refractivity contribution is -0.685. The number of nitrogens with zero attached hydrogens (tertiary/aromatic N) is 2. The van der Waals surface area contributed by atoms with Crippen molar-refractivity contribution in [2.24, 2.45) is 0 Å². The lowest BCUT2D eigenvalue weighted by Gasteiger charge is -2.23. The van der Waals surface area contributed by atoms with Crippen molar-refractivity contribution in [2.45, 2.75) is 25.9 Å². The summed E-state index contributed by atoms with van der Waals surface area (Å²) < 4.78 is 6.53. The van der Waals surface area contributed by atoms with E-state index in [1.165, 1.54) is 0 Å². The fourth-order valence-corrected chi connectivity index (χ4v) is 3.60. The number of carbonyl (C=O) groups is 1. The molecule has 0 aliphatic carbocycles. The van der Waals surface area contributed by atoms with Gasteiger partial charge in [0.15, 0.2) is 12.3 Å². The molecule has 0 saturated carbocycles. The van der Waals surface area contributed by atoms with E-state index < -0.39 is 0 Å². The Morgan fingerprint density at radius 3 is 2.79 bits per heavy atom. The van der Waals surface area contributed by atoms with Crippen molar-refractivity contribution in [2.75, 3.05) is 13.6 Å². The Hall–Kier alpha value is -2.18. The molecule has 2 aromatic heterocycles. The van der Waals surface area contributed by atoms with Crippen molar-refractivity contribution in [3.05, 3.63) is 53.4 Å². The largest absolute Gasteiger partial charge is 0.463 e. The zero-order valence-electron chi connectivity index (χ0n) is 14.1. The third kappa shape index (κ3) is 3.49. The number of carbonyl (C=O) groups excluding carboxylic acids is 1. The SMILES string of the molecule is C[C@H]([NH2+]CC(=O)N(C)[C@H](C)c1nc2ccccc2s1)c1ccco1. The fraction of sp³-hybridized carbons (Fsp3) is 0.333. The Bertz CT molecular complexity index is 780. The van der Waals surface area contributed by atoms with Crippen LogP contribution >= 0.6 is 11.3 Å². The summed E-state index contributed by atoms with van der Waals surface area (Å²) in [5, 5.41) is 2.95. The van der Waals surface area contributed by atoms with E-state index in [4.69, 9.17) is 4.42 Å². The first-order chi connectivity index (χ1) is 11.6. The van der Waals surface area contributed by atoms with E-state index in [2.05, 4.69) is 11.1 Å². The Morgan fingerprint density at radius 2 is 2.08 bits per heavy atom. The molecule has 0 radical (unpaired) electrons. The Kier molecular flexibility index (Phi) is 4.97. The van der Waals surface area contributed by atoms with Crippen LogP contribution in [0, 0.1) is 0 Å². The average Bonchev–Trinajstić information content (AvgIpc) is 3.26. The maximum Gasteiger partial charge on any atom is 0.278 e. The molecule has 2 atom stereocenters. The second kappa shape index (κ2) is 7.15. The van der Waals surface area contributed by atoms with Gasteiger partial charge < -0.3 is 14.6 Å². The summed E-state index contributed by atoms with van der Waals surface area (Å²) >= 11 is 1.64. The van der Waals surface area contributed by atoms with Gasteiger partial charge in [0.25, 0.3) is 5.91 Å². The highest BCUT2D eigenvalue weighted by Crippen LogP contribution is 2.28. The molecule has 1 aromatic carbocycles. The van der Waals surface area contributed by atoms with Crippen molar-refractivity contribution in [3.8, 4) is 0 Å². The predicted molar refractivity (Wildman–Crippen MR) is 94.7 cm³/mol. The van der Waals surface area contributed by atoms with Gasteiger partial charge in [-0.25, -0.2) is 4.98 Å². The number of rotatable bonds is 6. The van der Waals surface area contributed by atoms with Crippen molar-refractivity contribution in [1.82, 2.24) is 9.88 Å². The first-order valence-electron chi connectivity index (χ1n) is 8.04. The third-order valence-corrected chi connectivity index (χ3v) is 5.49. The zero-order valence-corrected chi connectivity index (χ0v) is 14.9. The van der Waals surface area contributed by atoms with E-state index in [0.29, 0.717) is 6.54 Å². The third-order valence-electron chi connectivity index (χ3n) is 4.28. The molecule has 0 spiro atoms. The summed E-state index contributed by atoms with van der Waals surface area (Å²) in [4.78, 5) is 18.9. The minimum absolute atomic E-state index is 0.0396. The first kappa shape index (κ1) is 16.7. The summed E-state index contributed by atoms with van der Waals surface area (Å²) in [7, 11) is 1.84. The molecular weight excluding hydrogens is 322 g/mol. The van der Waals surface area contributed by atoms with Crippen LogP contribution in [0.2, 0.25) is 0 Å². The Labute approximate surface area is 145 Å². The highest BCUT2D eigenvalue weighted by molar-refractivity contribution is 7.18. The average molecular weight is 344 g/mol. The molecule has 1 amide bonds. The fourth-order valence-electron chi connectivity index (χ4n) is 2.54. The van der Waals surface area contributed by atoms with Gasteiger partial charge in [0.1, 0.15) is 11.0 Å². The molecule has 3 aromatic rings. The molecule has 2 N–H and O–H groups in total. The van der Waals surface area contributed by atoms with E-state index in [1.807, 2.05) is 56.5 Å². The van der Waals surface area contributed by atoms with Crippen LogP contribution in [0.15, 0.2) is 47.1 Å². The van der Waals surface area contributed by atoms with Gasteiger partial charge in [0.05, 0.1) is 22.5 Å². The van der Waals surface area contributed by atoms with Crippen molar-refractivity contribution < 1.29 is 14.5 Å². The minimum Gasteiger partial charge on any atom is -0.463 e. The highest BCUT2D eigenvalue weighted by Gasteiger charge is 2.23. The van der Waals surface area contributed by atoms with Crippen LogP contribution in [0.5, 0.6) is 0 Å². The Morgan fingerprint density at radius 1 is 1.29 bits per heavy atom. The first-order valence-corrected chi connectivity index (χ1v) is 8.85. The van der Waals surface area contributed by atoms with Crippen LogP contribution in [0.1, 0.15) is 36.7 Å². The maximum atomic E-state index is 12.5. The molecule has 0 bridgehead atoms. The zero-order chi connectivity index (χ0) is 17.1. The number of para-hydroxylation sites is 1. The molecule has 5 nitrogen and oxygen atoms in total. The summed E-state index contributed by atoms with van der Waals surface area (Å²) in [6.45, 7) is 4.43. The molecular formula is C18H22N3O2S+. The minimum atomic E-state index is -0.0396. The molecule has 0 aliphatic heterocycles. The molecule has 126 valence electrons. The van der Waals surface area contributed by atoms with Crippen LogP contribution in [-0.4, -0.2) is 29.4 Å². The number of fused-ring (bicyclic) bond motifs is 1. The van der Waals surface area contributed by atoms with Crippen LogP contribution in [-0.2, 0) is 4.79 Å². The normalized spacial score (nSPS) is 13.8. The van der Waals surface area contributed by atoms with Crippen LogP contribution < -0.4 is 5.32 Å². The summed E-state index contributed by atoms with van der Waals surface area (Å²) in [6.07, 6.45) is 1.66. The Balaban J connectivity index is 1.62. The van der Waals surface area contributed by atoms with Gasteiger partial charge in [-0.05, 0) is 38.1 Å². The lowest BCUT2D eigenvalue weighted by atomic mass is 10.2. The molecule has 2 heterocycles. The van der Waals surface area contributed by atoms with Gasteiger partial charge in [-0.15, -0.1) is 11.3 Å². The molecule has 0 fully saturated rings. The van der Waals surface area contributed by atoms with Gasteiger partial charge in [-0.2, -0.15) is 0 Å². The smallest absolute Gasteiger partial charge is 0.278 e. The van der Waals surface area contributed by atoms with Crippen LogP contribution in [0.4, 0.5) is 0 Å². The number of amides is 1. The van der Waals surface area contributed by atoms with E-state index in [0.717, 1.165) is 21.0 Å². The number of furan rings is 1. The number of quaternary nitrogens is 1. The van der Waals surface area contributed by atoms with Crippen molar-refractivity contribution in [3.63, 3.8) is 0 Å². The monoisotopic (exact) mass is 344 g/mol. The topological polar surface area (TPSA) is 63.0 Å². The number of aromatic nitrogens is 1. The van der Waals surface area contributed by atoms with Gasteiger partial charge >= 0.3 is 0 Å². The number of thiazole rings is 1. The van der Waals surface area contributed by atoms with Gasteiger partial charge in [-0.3, -0.25) is 4.79 Å². The summed E-state index contributed by atoms with van der Waals surface area (Å²) in [5.74, 6) is 0.963. The van der Waals surface area contributed by atoms with E-state index >= 15 is 0 Å². The molecule has 0 unspecified atom stereocenters. The molecule has 24 heavy (non-hydrogen) atoms. The molecule has 3 rings (SSSR count). The molecule has 0 aliphatic rings. The molecule has 6 heteroatoms. The number of benzene rings is 1. The van der Waals surface area contributed by atoms with Gasteiger partial charge in [0.2, 0.25) is 0 Å². The van der Waals surface area contributed by atoms with Crippen LogP contribution in [0.25, 0.3) is 10.2 Å². The van der Waals surface area contributed by atoms with E-state index in [-0.39, 0.29) is 18.0 Å². The predicted octanol–water partition coefficient (Wildman–Crippen LogP) is 2.73. The number of nitrogens with two attached hydrogens (primary N) is 1. The summed E-state index contributed by atoms with van der Waals surface area (Å²) in [5.41, 5.74) is 0.989. The lowest BCUT2D eigenvalue weighted by Crippen LogP contribution is -2.87. The quantitative estimate of drug-likeness (QED) is 0.748. The van der Waals surface area contributed by atoms with E-state index in [9.17, 15) is 4.79 Å². The maximum absolute atomic E-state index is 12.5. The number of hydrogen-bond acceptors (Lipinski definition) is 4. The van der Waals surface area contributed by atoms with Crippen molar-refractivity contribution in [1.29, 1.82) is 0 Å². The standard InChI is InChI=1S/C18H21N3O2S/c1-12(15-8-6-10-23-15)19-11-17(22)21(3)13(2)18-20-14-7-4-5-9-16(14)24-18/h4-10,12-13,19H,11H2,1-3H3/p+1/t12-,13+/m0/s1. The van der Waals surface area contributed by atoms with Gasteiger partial charge in [-0.1, -0.05) is 12.1 Å². The second-order valence-electron chi connectivity index (χ2n) is 5.94. The number of hydrogen-bond donors (Lipinski definition) is 1. The van der Waals surface area contributed by atoms with Gasteiger partial charge in [0, 0.05) is 7.05 Å². The highest BCUT2D eigenvalue weighted by atomic mass is 32.1. The summed E-state index contributed by atoms with van der Waals surface area (Å²) in [6, 6.07) is 11.9. The van der Waals surface area contributed by atoms with E-state index in [1.54, 1.807) is 22.5 Å².